The van der Waals surface area contributed by atoms with E-state index in [1.807, 2.05) is 4.90 Å². The molecular formula is C12H16N6O3S. The van der Waals surface area contributed by atoms with Gasteiger partial charge in [-0.15, -0.1) is 0 Å². The van der Waals surface area contributed by atoms with E-state index in [1.165, 1.54) is 24.9 Å². The number of sulfonamides is 1. The van der Waals surface area contributed by atoms with E-state index in [0.29, 0.717) is 24.8 Å². The van der Waals surface area contributed by atoms with Crippen molar-refractivity contribution in [2.24, 2.45) is 7.05 Å². The Morgan fingerprint density at radius 3 is 2.45 bits per heavy atom. The first kappa shape index (κ1) is 14.7. The minimum Gasteiger partial charge on any atom is -0.378 e. The summed E-state index contributed by atoms with van der Waals surface area (Å²) >= 11 is 0. The van der Waals surface area contributed by atoms with E-state index in [2.05, 4.69) is 19.7 Å². The Morgan fingerprint density at radius 1 is 1.18 bits per heavy atom. The molecule has 0 aliphatic carbocycles. The lowest BCUT2D eigenvalue weighted by Gasteiger charge is -2.26. The number of nitrogens with zero attached hydrogens (tertiary/aromatic N) is 5. The van der Waals surface area contributed by atoms with Crippen LogP contribution in [0, 0.1) is 0 Å². The third-order valence-corrected chi connectivity index (χ3v) is 4.41. The van der Waals surface area contributed by atoms with Gasteiger partial charge >= 0.3 is 0 Å². The quantitative estimate of drug-likeness (QED) is 0.834. The van der Waals surface area contributed by atoms with Gasteiger partial charge in [-0.2, -0.15) is 8.42 Å². The van der Waals surface area contributed by atoms with Gasteiger partial charge in [-0.05, 0) is 0 Å². The highest BCUT2D eigenvalue weighted by molar-refractivity contribution is 7.92. The Bertz CT molecular complexity index is 736. The molecule has 118 valence electrons. The molecule has 1 fully saturated rings. The van der Waals surface area contributed by atoms with Crippen molar-refractivity contribution in [3.05, 3.63) is 24.9 Å². The van der Waals surface area contributed by atoms with E-state index in [1.54, 1.807) is 11.6 Å². The summed E-state index contributed by atoms with van der Waals surface area (Å²) in [5, 5.41) is -0.0488. The van der Waals surface area contributed by atoms with E-state index in [0.717, 1.165) is 13.1 Å². The van der Waals surface area contributed by atoms with E-state index in [9.17, 15) is 8.42 Å². The minimum absolute atomic E-state index is 0.0488. The Morgan fingerprint density at radius 2 is 1.86 bits per heavy atom. The predicted octanol–water partition coefficient (Wildman–Crippen LogP) is -0.153. The second kappa shape index (κ2) is 5.89. The molecule has 1 aliphatic rings. The minimum atomic E-state index is -3.73. The first-order chi connectivity index (χ1) is 10.5. The molecule has 0 atom stereocenters. The lowest BCUT2D eigenvalue weighted by molar-refractivity contribution is 0.122. The SMILES string of the molecule is Cn1cnc(S(=O)(=O)Nc2cnc(N3CCOCC3)nc2)c1. The third kappa shape index (κ3) is 3.17. The maximum Gasteiger partial charge on any atom is 0.281 e. The summed E-state index contributed by atoms with van der Waals surface area (Å²) < 4.78 is 33.5. The Hall–Kier alpha value is -2.20. The second-order valence-corrected chi connectivity index (χ2v) is 6.48. The Kier molecular flexibility index (Phi) is 3.94. The van der Waals surface area contributed by atoms with Gasteiger partial charge in [0, 0.05) is 26.3 Å². The lowest BCUT2D eigenvalue weighted by atomic mass is 10.4. The zero-order valence-electron chi connectivity index (χ0n) is 12.0. The highest BCUT2D eigenvalue weighted by Gasteiger charge is 2.18. The van der Waals surface area contributed by atoms with Crippen molar-refractivity contribution in [2.45, 2.75) is 5.03 Å². The van der Waals surface area contributed by atoms with E-state index in [4.69, 9.17) is 4.74 Å². The van der Waals surface area contributed by atoms with Crippen molar-refractivity contribution in [3.8, 4) is 0 Å². The van der Waals surface area contributed by atoms with Crippen LogP contribution in [0.25, 0.3) is 0 Å². The molecule has 3 rings (SSSR count). The zero-order valence-corrected chi connectivity index (χ0v) is 12.8. The summed E-state index contributed by atoms with van der Waals surface area (Å²) in [6.45, 7) is 2.72. The van der Waals surface area contributed by atoms with Crippen molar-refractivity contribution in [3.63, 3.8) is 0 Å². The van der Waals surface area contributed by atoms with Gasteiger partial charge in [0.2, 0.25) is 5.95 Å². The van der Waals surface area contributed by atoms with Gasteiger partial charge in [0.1, 0.15) is 0 Å². The fourth-order valence-electron chi connectivity index (χ4n) is 2.04. The van der Waals surface area contributed by atoms with E-state index >= 15 is 0 Å². The zero-order chi connectivity index (χ0) is 15.6. The smallest absolute Gasteiger partial charge is 0.281 e. The largest absolute Gasteiger partial charge is 0.378 e. The molecule has 1 saturated heterocycles. The van der Waals surface area contributed by atoms with Crippen LogP contribution in [0.1, 0.15) is 0 Å². The number of ether oxygens (including phenoxy) is 1. The van der Waals surface area contributed by atoms with Crippen molar-refractivity contribution >= 4 is 21.7 Å². The summed E-state index contributed by atoms with van der Waals surface area (Å²) in [7, 11) is -2.03. The standard InChI is InChI=1S/C12H16N6O3S/c1-17-8-11(15-9-17)22(19,20)16-10-6-13-12(14-7-10)18-2-4-21-5-3-18/h6-9,16H,2-5H2,1H3. The topological polar surface area (TPSA) is 102 Å². The van der Waals surface area contributed by atoms with Gasteiger partial charge in [-0.1, -0.05) is 0 Å². The molecule has 10 heteroatoms. The molecule has 22 heavy (non-hydrogen) atoms. The number of anilines is 2. The predicted molar refractivity (Wildman–Crippen MR) is 79.1 cm³/mol. The number of nitrogens with one attached hydrogen (secondary N) is 1. The first-order valence-electron chi connectivity index (χ1n) is 6.70. The van der Waals surface area contributed by atoms with E-state index < -0.39 is 10.0 Å². The van der Waals surface area contributed by atoms with Crippen molar-refractivity contribution in [2.75, 3.05) is 35.9 Å². The molecule has 0 unspecified atom stereocenters. The summed E-state index contributed by atoms with van der Waals surface area (Å²) in [5.41, 5.74) is 0.294. The summed E-state index contributed by atoms with van der Waals surface area (Å²) in [5.74, 6) is 0.559. The first-order valence-corrected chi connectivity index (χ1v) is 8.18. The van der Waals surface area contributed by atoms with Gasteiger partial charge in [-0.3, -0.25) is 4.72 Å². The van der Waals surface area contributed by atoms with Gasteiger partial charge in [-0.25, -0.2) is 15.0 Å². The number of morpholine rings is 1. The highest BCUT2D eigenvalue weighted by Crippen LogP contribution is 2.15. The third-order valence-electron chi connectivity index (χ3n) is 3.14. The molecule has 1 N–H and O–H groups in total. The number of aromatic nitrogens is 4. The average molecular weight is 324 g/mol. The van der Waals surface area contributed by atoms with Crippen LogP contribution in [0.3, 0.4) is 0 Å². The molecule has 0 amide bonds. The van der Waals surface area contributed by atoms with Crippen LogP contribution < -0.4 is 9.62 Å². The van der Waals surface area contributed by atoms with Crippen LogP contribution in [0.15, 0.2) is 29.9 Å². The Labute approximate surface area is 128 Å². The number of hydrogen-bond acceptors (Lipinski definition) is 7. The summed E-state index contributed by atoms with van der Waals surface area (Å²) in [6.07, 6.45) is 5.73. The van der Waals surface area contributed by atoms with Crippen LogP contribution in [0.5, 0.6) is 0 Å². The normalized spacial score (nSPS) is 15.8. The van der Waals surface area contributed by atoms with Crippen LogP contribution in [0.2, 0.25) is 0 Å². The van der Waals surface area contributed by atoms with Crippen LogP contribution >= 0.6 is 0 Å². The molecule has 9 nitrogen and oxygen atoms in total. The number of rotatable bonds is 4. The van der Waals surface area contributed by atoms with Gasteiger partial charge in [0.25, 0.3) is 10.0 Å². The number of hydrogen-bond donors (Lipinski definition) is 1. The summed E-state index contributed by atoms with van der Waals surface area (Å²) in [6, 6.07) is 0. The number of imidazole rings is 1. The second-order valence-electron chi connectivity index (χ2n) is 4.85. The van der Waals surface area contributed by atoms with Gasteiger partial charge < -0.3 is 14.2 Å². The monoisotopic (exact) mass is 324 g/mol. The van der Waals surface area contributed by atoms with Crippen molar-refractivity contribution in [1.29, 1.82) is 0 Å². The highest BCUT2D eigenvalue weighted by atomic mass is 32.2. The van der Waals surface area contributed by atoms with Crippen LogP contribution in [0.4, 0.5) is 11.6 Å². The molecule has 1 aliphatic heterocycles. The molecule has 2 aromatic rings. The fourth-order valence-corrected chi connectivity index (χ4v) is 3.05. The molecule has 0 radical (unpaired) electrons. The molecule has 0 bridgehead atoms. The average Bonchev–Trinajstić information content (AvgIpc) is 2.96. The molecule has 0 spiro atoms. The van der Waals surface area contributed by atoms with E-state index in [-0.39, 0.29) is 5.03 Å². The molecule has 0 saturated carbocycles. The van der Waals surface area contributed by atoms with Gasteiger partial charge in [0.15, 0.2) is 5.03 Å². The maximum atomic E-state index is 12.1. The Balaban J connectivity index is 1.73. The number of aryl methyl sites for hydroxylation is 1. The fraction of sp³-hybridized carbons (Fsp3) is 0.417. The molecule has 3 heterocycles. The van der Waals surface area contributed by atoms with Crippen LogP contribution in [-0.2, 0) is 21.8 Å². The summed E-state index contributed by atoms with van der Waals surface area (Å²) in [4.78, 5) is 14.2. The lowest BCUT2D eigenvalue weighted by Crippen LogP contribution is -2.37. The molecule has 0 aromatic carbocycles. The van der Waals surface area contributed by atoms with Crippen molar-refractivity contribution < 1.29 is 13.2 Å². The van der Waals surface area contributed by atoms with Crippen molar-refractivity contribution in [1.82, 2.24) is 19.5 Å². The molecular weight excluding hydrogens is 308 g/mol. The van der Waals surface area contributed by atoms with Crippen LogP contribution in [-0.4, -0.2) is 54.2 Å². The van der Waals surface area contributed by atoms with Gasteiger partial charge in [0.05, 0.1) is 37.6 Å². The molecule has 2 aromatic heterocycles. The maximum absolute atomic E-state index is 12.1.